The number of para-hydroxylation sites is 2. The fourth-order valence-corrected chi connectivity index (χ4v) is 9.41. The molecule has 0 bridgehead atoms. The van der Waals surface area contributed by atoms with Gasteiger partial charge in [-0.1, -0.05) is 45.9 Å². The zero-order valence-corrected chi connectivity index (χ0v) is 30.6. The van der Waals surface area contributed by atoms with Crippen molar-refractivity contribution in [1.29, 1.82) is 0 Å². The van der Waals surface area contributed by atoms with Crippen LogP contribution in [0.15, 0.2) is 128 Å². The maximum absolute atomic E-state index is 5.36. The predicted octanol–water partition coefficient (Wildman–Crippen LogP) is 10.8. The van der Waals surface area contributed by atoms with Gasteiger partial charge in [-0.05, 0) is 23.0 Å². The fraction of sp³-hybridized carbons (Fsp3) is 0.163. The number of rotatable bonds is 8. The Balaban J connectivity index is 1.26. The van der Waals surface area contributed by atoms with Crippen LogP contribution in [0.3, 0.4) is 0 Å². The Labute approximate surface area is 298 Å². The quantitative estimate of drug-likeness (QED) is 0.147. The second-order valence-electron chi connectivity index (χ2n) is 13.3. The number of hydrogen-bond donors (Lipinski definition) is 0. The number of aryl methyl sites for hydroxylation is 1. The molecule has 0 radical (unpaired) electrons. The van der Waals surface area contributed by atoms with Gasteiger partial charge in [-0.15, -0.1) is 0 Å². The number of benzene rings is 4. The summed E-state index contributed by atoms with van der Waals surface area (Å²) in [6.07, 6.45) is 1.66. The Morgan fingerprint density at radius 1 is 0.660 bits per heavy atom. The summed E-state index contributed by atoms with van der Waals surface area (Å²) in [5, 5.41) is 7.33. The van der Waals surface area contributed by atoms with Crippen LogP contribution in [0.25, 0.3) is 47.8 Å². The van der Waals surface area contributed by atoms with E-state index in [2.05, 4.69) is 155 Å². The molecule has 0 saturated carbocycles. The molecule has 0 N–H and O–H groups in total. The van der Waals surface area contributed by atoms with Gasteiger partial charge in [0.2, 0.25) is 0 Å². The van der Waals surface area contributed by atoms with Crippen molar-refractivity contribution in [2.75, 3.05) is 4.90 Å². The van der Waals surface area contributed by atoms with E-state index in [0.717, 1.165) is 45.7 Å². The first-order valence-electron chi connectivity index (χ1n) is 17.1. The zero-order chi connectivity index (χ0) is 34.4. The van der Waals surface area contributed by atoms with E-state index in [1.807, 2.05) is 10.7 Å². The normalized spacial score (nSPS) is 11.7. The first-order valence-corrected chi connectivity index (χ1v) is 18.8. The summed E-state index contributed by atoms with van der Waals surface area (Å²) in [4.78, 5) is 17.3. The molecule has 6 nitrogen and oxygen atoms in total. The summed E-state index contributed by atoms with van der Waals surface area (Å²) in [7, 11) is 0. The number of hydrogen-bond acceptors (Lipinski definition) is 5. The van der Waals surface area contributed by atoms with Gasteiger partial charge in [-0.2, -0.15) is 0 Å². The van der Waals surface area contributed by atoms with Gasteiger partial charge in [0.15, 0.2) is 0 Å². The molecule has 0 amide bonds. The standard InChI is InChI=1S/C43H38N6Se/c1-27(2)33-17-10-18-34(28(3)4)40(33)49-42(44-26-45-49)30-13-9-16-32(25-30)48(31-14-7-6-8-15-31)39-22-12-21-38(47-39)37-20-11-19-35-36-24-23-29(5)46-43(36)50-41(35)37/h6-28H,1-5H3. The number of aromatic nitrogens is 5. The fourth-order valence-electron chi connectivity index (χ4n) is 6.80. The summed E-state index contributed by atoms with van der Waals surface area (Å²) in [5.41, 5.74) is 9.81. The molecule has 0 aliphatic rings. The zero-order valence-electron chi connectivity index (χ0n) is 28.9. The third-order valence-corrected chi connectivity index (χ3v) is 11.6. The molecule has 8 aromatic rings. The third-order valence-electron chi connectivity index (χ3n) is 9.22. The van der Waals surface area contributed by atoms with E-state index >= 15 is 0 Å². The van der Waals surface area contributed by atoms with E-state index in [4.69, 9.17) is 20.1 Å². The van der Waals surface area contributed by atoms with Crippen LogP contribution in [-0.2, 0) is 0 Å². The van der Waals surface area contributed by atoms with E-state index in [0.29, 0.717) is 11.8 Å². The van der Waals surface area contributed by atoms with Gasteiger partial charge >= 0.3 is 231 Å². The van der Waals surface area contributed by atoms with Crippen molar-refractivity contribution < 1.29 is 0 Å². The first kappa shape index (κ1) is 31.9. The van der Waals surface area contributed by atoms with Crippen LogP contribution in [0, 0.1) is 6.92 Å². The van der Waals surface area contributed by atoms with Crippen LogP contribution >= 0.6 is 0 Å². The average Bonchev–Trinajstić information content (AvgIpc) is 3.77. The molecule has 246 valence electrons. The Bertz CT molecular complexity index is 2450. The molecule has 0 unspecified atom stereocenters. The SMILES string of the molecule is Cc1ccc2c(n1)[se]c1c(-c3cccc(N(c4ccccc4)c4cccc(-c5ncnn5-c5c(C(C)C)cccc5C(C)C)c4)n3)cccc12. The minimum atomic E-state index is 0.109. The van der Waals surface area contributed by atoms with Crippen molar-refractivity contribution in [1.82, 2.24) is 24.7 Å². The van der Waals surface area contributed by atoms with E-state index in [-0.39, 0.29) is 14.5 Å². The van der Waals surface area contributed by atoms with Crippen molar-refractivity contribution >= 4 is 51.1 Å². The Kier molecular flexibility index (Phi) is 8.39. The molecular weight excluding hydrogens is 679 g/mol. The van der Waals surface area contributed by atoms with Crippen LogP contribution in [0.2, 0.25) is 0 Å². The van der Waals surface area contributed by atoms with Crippen LogP contribution < -0.4 is 4.90 Å². The van der Waals surface area contributed by atoms with Crippen LogP contribution in [0.1, 0.15) is 56.4 Å². The Morgan fingerprint density at radius 2 is 1.38 bits per heavy atom. The molecule has 4 heterocycles. The van der Waals surface area contributed by atoms with Crippen molar-refractivity contribution in [3.63, 3.8) is 0 Å². The summed E-state index contributed by atoms with van der Waals surface area (Å²) < 4.78 is 4.57. The van der Waals surface area contributed by atoms with E-state index in [1.165, 1.54) is 36.1 Å². The second kappa shape index (κ2) is 13.2. The first-order chi connectivity index (χ1) is 24.4. The van der Waals surface area contributed by atoms with Gasteiger partial charge in [-0.25, -0.2) is 0 Å². The Hall–Kier alpha value is -5.36. The van der Waals surface area contributed by atoms with Gasteiger partial charge < -0.3 is 0 Å². The predicted molar refractivity (Wildman–Crippen MR) is 207 cm³/mol. The minimum absolute atomic E-state index is 0.109. The molecule has 0 aliphatic heterocycles. The summed E-state index contributed by atoms with van der Waals surface area (Å²) in [5.74, 6) is 2.32. The van der Waals surface area contributed by atoms with E-state index < -0.39 is 0 Å². The molecule has 8 rings (SSSR count). The topological polar surface area (TPSA) is 59.7 Å². The van der Waals surface area contributed by atoms with Crippen molar-refractivity contribution in [2.24, 2.45) is 0 Å². The second-order valence-corrected chi connectivity index (χ2v) is 15.4. The van der Waals surface area contributed by atoms with Crippen LogP contribution in [0.5, 0.6) is 0 Å². The molecule has 4 aromatic carbocycles. The number of nitrogens with zero attached hydrogens (tertiary/aromatic N) is 6. The Morgan fingerprint density at radius 3 is 2.16 bits per heavy atom. The van der Waals surface area contributed by atoms with Crippen LogP contribution in [-0.4, -0.2) is 39.2 Å². The number of fused-ring (bicyclic) bond motifs is 3. The third kappa shape index (κ3) is 5.72. The molecule has 0 saturated heterocycles. The van der Waals surface area contributed by atoms with Crippen molar-refractivity contribution in [2.45, 2.75) is 46.5 Å². The summed E-state index contributed by atoms with van der Waals surface area (Å²) in [6, 6.07) is 42.8. The van der Waals surface area contributed by atoms with Crippen LogP contribution in [0.4, 0.5) is 17.2 Å². The van der Waals surface area contributed by atoms with Gasteiger partial charge in [0.1, 0.15) is 0 Å². The van der Waals surface area contributed by atoms with Gasteiger partial charge in [0, 0.05) is 0 Å². The van der Waals surface area contributed by atoms with E-state index in [1.54, 1.807) is 6.33 Å². The van der Waals surface area contributed by atoms with Gasteiger partial charge in [-0.3, -0.25) is 0 Å². The van der Waals surface area contributed by atoms with Crippen molar-refractivity contribution in [3.05, 3.63) is 144 Å². The monoisotopic (exact) mass is 718 g/mol. The summed E-state index contributed by atoms with van der Waals surface area (Å²) in [6.45, 7) is 11.0. The average molecular weight is 718 g/mol. The van der Waals surface area contributed by atoms with E-state index in [9.17, 15) is 0 Å². The molecule has 4 aromatic heterocycles. The number of pyridine rings is 2. The maximum atomic E-state index is 5.36. The van der Waals surface area contributed by atoms with Crippen molar-refractivity contribution in [3.8, 4) is 28.3 Å². The molecule has 50 heavy (non-hydrogen) atoms. The molecule has 0 atom stereocenters. The molecule has 0 spiro atoms. The molecular formula is C43H38N6Se. The number of anilines is 3. The van der Waals surface area contributed by atoms with Gasteiger partial charge in [0.25, 0.3) is 0 Å². The van der Waals surface area contributed by atoms with Gasteiger partial charge in [0.05, 0.1) is 0 Å². The summed E-state index contributed by atoms with van der Waals surface area (Å²) >= 11 is 0.109. The molecule has 0 aliphatic carbocycles. The molecule has 0 fully saturated rings. The molecule has 7 heteroatoms.